The first-order valence-corrected chi connectivity index (χ1v) is 8.56. The molecule has 1 aromatic carbocycles. The quantitative estimate of drug-likeness (QED) is 0.592. The Morgan fingerprint density at radius 2 is 1.91 bits per heavy atom. The van der Waals surface area contributed by atoms with E-state index in [9.17, 15) is 4.39 Å². The predicted molar refractivity (Wildman–Crippen MR) is 92.1 cm³/mol. The molecule has 0 radical (unpaired) electrons. The van der Waals surface area contributed by atoms with E-state index in [4.69, 9.17) is 11.6 Å². The highest BCUT2D eigenvalue weighted by Gasteiger charge is 2.18. The highest BCUT2D eigenvalue weighted by Crippen LogP contribution is 2.38. The molecule has 2 aromatic heterocycles. The number of fused-ring (bicyclic) bond motifs is 1. The van der Waals surface area contributed by atoms with Crippen molar-refractivity contribution in [1.82, 2.24) is 14.6 Å². The maximum atomic E-state index is 14.2. The Labute approximate surface area is 143 Å². The molecule has 0 saturated heterocycles. The number of halogens is 2. The lowest BCUT2D eigenvalue weighted by Gasteiger charge is -2.12. The van der Waals surface area contributed by atoms with Gasteiger partial charge in [0, 0.05) is 10.8 Å². The van der Waals surface area contributed by atoms with Gasteiger partial charge in [-0.15, -0.1) is 10.2 Å². The van der Waals surface area contributed by atoms with Gasteiger partial charge in [0.2, 0.25) is 0 Å². The number of hydrogen-bond acceptors (Lipinski definition) is 3. The van der Waals surface area contributed by atoms with Gasteiger partial charge in [0.15, 0.2) is 5.65 Å². The number of aromatic nitrogens is 3. The van der Waals surface area contributed by atoms with Crippen LogP contribution in [0.25, 0.3) is 5.65 Å². The maximum absolute atomic E-state index is 14.2. The van der Waals surface area contributed by atoms with E-state index in [0.29, 0.717) is 15.7 Å². The van der Waals surface area contributed by atoms with E-state index in [1.807, 2.05) is 44.2 Å². The van der Waals surface area contributed by atoms with Crippen LogP contribution in [-0.4, -0.2) is 14.6 Å². The number of aryl methyl sites for hydroxylation is 2. The molecule has 0 unspecified atom stereocenters. The van der Waals surface area contributed by atoms with Gasteiger partial charge in [-0.2, -0.15) is 0 Å². The van der Waals surface area contributed by atoms with Crippen molar-refractivity contribution in [2.45, 2.75) is 43.4 Å². The molecule has 3 rings (SSSR count). The highest BCUT2D eigenvalue weighted by molar-refractivity contribution is 7.99. The fourth-order valence-corrected chi connectivity index (χ4v) is 3.77. The largest absolute Gasteiger partial charge is 0.268 e. The summed E-state index contributed by atoms with van der Waals surface area (Å²) in [5.74, 6) is 0.758. The number of benzene rings is 1. The van der Waals surface area contributed by atoms with E-state index < -0.39 is 0 Å². The van der Waals surface area contributed by atoms with Crippen LogP contribution in [-0.2, 0) is 0 Å². The molecule has 0 bridgehead atoms. The minimum absolute atomic E-state index is 0.194. The summed E-state index contributed by atoms with van der Waals surface area (Å²) in [4.78, 5) is 1.38. The summed E-state index contributed by atoms with van der Waals surface area (Å²) < 4.78 is 16.0. The van der Waals surface area contributed by atoms with Crippen LogP contribution in [0.2, 0.25) is 5.15 Å². The fourth-order valence-electron chi connectivity index (χ4n) is 2.42. The molecule has 2 heterocycles. The van der Waals surface area contributed by atoms with Crippen molar-refractivity contribution < 1.29 is 4.39 Å². The minimum atomic E-state index is -0.238. The Balaban J connectivity index is 2.15. The third-order valence-electron chi connectivity index (χ3n) is 3.62. The van der Waals surface area contributed by atoms with Crippen LogP contribution in [0.5, 0.6) is 0 Å². The Hall–Kier alpha value is -1.59. The second-order valence-electron chi connectivity index (χ2n) is 5.89. The molecule has 0 aliphatic heterocycles. The highest BCUT2D eigenvalue weighted by atomic mass is 35.5. The van der Waals surface area contributed by atoms with E-state index in [-0.39, 0.29) is 11.7 Å². The predicted octanol–water partition coefficient (Wildman–Crippen LogP) is 5.41. The number of nitrogens with zero attached hydrogens (tertiary/aromatic N) is 3. The summed E-state index contributed by atoms with van der Waals surface area (Å²) in [5.41, 5.74) is 2.56. The van der Waals surface area contributed by atoms with E-state index in [1.165, 1.54) is 17.8 Å². The van der Waals surface area contributed by atoms with Crippen LogP contribution >= 0.6 is 23.4 Å². The normalized spacial score (nSPS) is 11.6. The number of hydrogen-bond donors (Lipinski definition) is 0. The molecule has 0 N–H and O–H groups in total. The summed E-state index contributed by atoms with van der Waals surface area (Å²) in [6.45, 7) is 7.90. The molecular weight excluding hydrogens is 333 g/mol. The van der Waals surface area contributed by atoms with Gasteiger partial charge >= 0.3 is 0 Å². The molecule has 0 spiro atoms. The smallest absolute Gasteiger partial charge is 0.162 e. The molecule has 3 nitrogen and oxygen atoms in total. The van der Waals surface area contributed by atoms with Gasteiger partial charge in [0.05, 0.1) is 4.90 Å². The second kappa shape index (κ2) is 6.13. The zero-order valence-corrected chi connectivity index (χ0v) is 15.0. The maximum Gasteiger partial charge on any atom is 0.162 e. The Morgan fingerprint density at radius 3 is 2.57 bits per heavy atom. The Kier molecular flexibility index (Phi) is 4.34. The molecule has 0 saturated carbocycles. The second-order valence-corrected chi connectivity index (χ2v) is 7.30. The van der Waals surface area contributed by atoms with Crippen molar-refractivity contribution in [3.05, 3.63) is 52.2 Å². The molecule has 23 heavy (non-hydrogen) atoms. The van der Waals surface area contributed by atoms with E-state index in [1.54, 1.807) is 6.07 Å². The summed E-state index contributed by atoms with van der Waals surface area (Å²) in [7, 11) is 0. The number of rotatable bonds is 3. The molecule has 0 aliphatic carbocycles. The first-order chi connectivity index (χ1) is 10.9. The summed E-state index contributed by atoms with van der Waals surface area (Å²) in [5, 5.41) is 8.93. The first-order valence-electron chi connectivity index (χ1n) is 7.36. The first kappa shape index (κ1) is 16.3. The minimum Gasteiger partial charge on any atom is -0.268 e. The third kappa shape index (κ3) is 2.95. The Morgan fingerprint density at radius 1 is 1.17 bits per heavy atom. The molecule has 0 fully saturated rings. The molecule has 3 aromatic rings. The van der Waals surface area contributed by atoms with Gasteiger partial charge in [-0.25, -0.2) is 4.39 Å². The van der Waals surface area contributed by atoms with Crippen molar-refractivity contribution in [1.29, 1.82) is 0 Å². The lowest BCUT2D eigenvalue weighted by atomic mass is 10.2. The molecule has 120 valence electrons. The average molecular weight is 350 g/mol. The van der Waals surface area contributed by atoms with Gasteiger partial charge in [-0.1, -0.05) is 43.3 Å². The van der Waals surface area contributed by atoms with Crippen molar-refractivity contribution in [2.24, 2.45) is 0 Å². The van der Waals surface area contributed by atoms with Crippen molar-refractivity contribution in [3.63, 3.8) is 0 Å². The Bertz CT molecular complexity index is 889. The summed E-state index contributed by atoms with van der Waals surface area (Å²) in [6.07, 6.45) is 0. The topological polar surface area (TPSA) is 30.2 Å². The molecule has 6 heteroatoms. The SMILES string of the molecule is Cc1ccc(Sc2c(C)cc3nnc(C(C)C)n3c2Cl)c(F)c1. The van der Waals surface area contributed by atoms with Crippen molar-refractivity contribution in [3.8, 4) is 0 Å². The number of pyridine rings is 1. The molecular formula is C17H17ClFN3S. The average Bonchev–Trinajstić information content (AvgIpc) is 2.89. The molecule has 0 aliphatic rings. The molecule has 0 atom stereocenters. The van der Waals surface area contributed by atoms with Gasteiger partial charge in [0.25, 0.3) is 0 Å². The van der Waals surface area contributed by atoms with Gasteiger partial charge in [0.1, 0.15) is 16.8 Å². The zero-order valence-electron chi connectivity index (χ0n) is 13.4. The zero-order chi connectivity index (χ0) is 16.7. The van der Waals surface area contributed by atoms with E-state index in [2.05, 4.69) is 10.2 Å². The monoisotopic (exact) mass is 349 g/mol. The lowest BCUT2D eigenvalue weighted by Crippen LogP contribution is -2.00. The summed E-state index contributed by atoms with van der Waals surface area (Å²) >= 11 is 7.94. The van der Waals surface area contributed by atoms with Gasteiger partial charge in [-0.3, -0.25) is 4.40 Å². The van der Waals surface area contributed by atoms with E-state index in [0.717, 1.165) is 21.8 Å². The van der Waals surface area contributed by atoms with Crippen molar-refractivity contribution >= 4 is 29.0 Å². The van der Waals surface area contributed by atoms with Crippen LogP contribution in [0.15, 0.2) is 34.1 Å². The third-order valence-corrected chi connectivity index (χ3v) is 5.36. The van der Waals surface area contributed by atoms with Crippen LogP contribution in [0.1, 0.15) is 36.7 Å². The van der Waals surface area contributed by atoms with Crippen molar-refractivity contribution in [2.75, 3.05) is 0 Å². The fraction of sp³-hybridized carbons (Fsp3) is 0.294. The van der Waals surface area contributed by atoms with E-state index >= 15 is 0 Å². The van der Waals surface area contributed by atoms with Crippen LogP contribution < -0.4 is 0 Å². The molecule has 0 amide bonds. The van der Waals surface area contributed by atoms with Crippen LogP contribution in [0.4, 0.5) is 4.39 Å². The lowest BCUT2D eigenvalue weighted by molar-refractivity contribution is 0.600. The van der Waals surface area contributed by atoms with Gasteiger partial charge in [-0.05, 0) is 43.2 Å². The van der Waals surface area contributed by atoms with Crippen LogP contribution in [0.3, 0.4) is 0 Å². The van der Waals surface area contributed by atoms with Gasteiger partial charge < -0.3 is 0 Å². The van der Waals surface area contributed by atoms with Crippen LogP contribution in [0, 0.1) is 19.7 Å². The standard InChI is InChI=1S/C17H17ClFN3S/c1-9(2)17-21-20-14-8-11(4)15(16(18)22(14)17)23-13-6-5-10(3)7-12(13)19/h5-9H,1-4H3. The summed E-state index contributed by atoms with van der Waals surface area (Å²) in [6, 6.07) is 7.14.